The molecule has 1 heteroatoms. The summed E-state index contributed by atoms with van der Waals surface area (Å²) in [6, 6.07) is 7.96. The van der Waals surface area contributed by atoms with Crippen molar-refractivity contribution < 1.29 is 4.79 Å². The first-order chi connectivity index (χ1) is 7.20. The molecule has 15 heavy (non-hydrogen) atoms. The van der Waals surface area contributed by atoms with Crippen LogP contribution in [0.3, 0.4) is 0 Å². The van der Waals surface area contributed by atoms with Crippen molar-refractivity contribution in [2.24, 2.45) is 11.8 Å². The standard InChI is InChI=1S/C12H14O.C2H6/c1-8-7-10-5-3-4-6-11(10)12(13)9(8)2;1-2/h3-6,8-9H,7H2,1-2H3;1-2H3. The highest BCUT2D eigenvalue weighted by Gasteiger charge is 2.28. The number of hydrogen-bond acceptors (Lipinski definition) is 1. The molecule has 0 saturated heterocycles. The Morgan fingerprint density at radius 1 is 1.13 bits per heavy atom. The Bertz CT molecular complexity index is 341. The summed E-state index contributed by atoms with van der Waals surface area (Å²) in [5, 5.41) is 0. The van der Waals surface area contributed by atoms with Gasteiger partial charge in [-0.1, -0.05) is 52.0 Å². The fourth-order valence-electron chi connectivity index (χ4n) is 1.97. The first kappa shape index (κ1) is 12.0. The largest absolute Gasteiger partial charge is 0.294 e. The van der Waals surface area contributed by atoms with Crippen molar-refractivity contribution in [3.05, 3.63) is 35.4 Å². The summed E-state index contributed by atoms with van der Waals surface area (Å²) in [4.78, 5) is 11.8. The Kier molecular flexibility index (Phi) is 4.07. The molecule has 0 radical (unpaired) electrons. The first-order valence-corrected chi connectivity index (χ1v) is 5.82. The molecule has 2 atom stereocenters. The van der Waals surface area contributed by atoms with Gasteiger partial charge in [-0.15, -0.1) is 0 Å². The van der Waals surface area contributed by atoms with Gasteiger partial charge in [-0.25, -0.2) is 0 Å². The van der Waals surface area contributed by atoms with Crippen LogP contribution in [0.15, 0.2) is 24.3 Å². The highest BCUT2D eigenvalue weighted by molar-refractivity contribution is 6.00. The molecule has 0 fully saturated rings. The molecule has 2 rings (SSSR count). The number of carbonyl (C=O) groups is 1. The van der Waals surface area contributed by atoms with Gasteiger partial charge in [-0.2, -0.15) is 0 Å². The van der Waals surface area contributed by atoms with Crippen molar-refractivity contribution in [2.45, 2.75) is 34.1 Å². The minimum absolute atomic E-state index is 0.190. The molecule has 0 aromatic heterocycles. The van der Waals surface area contributed by atoms with Crippen LogP contribution in [0.4, 0.5) is 0 Å². The summed E-state index contributed by atoms with van der Waals surface area (Å²) in [6.45, 7) is 8.18. The van der Waals surface area contributed by atoms with Gasteiger partial charge in [0.25, 0.3) is 0 Å². The first-order valence-electron chi connectivity index (χ1n) is 5.82. The highest BCUT2D eigenvalue weighted by Crippen LogP contribution is 2.29. The van der Waals surface area contributed by atoms with Crippen LogP contribution in [0, 0.1) is 11.8 Å². The predicted molar refractivity (Wildman–Crippen MR) is 64.2 cm³/mol. The van der Waals surface area contributed by atoms with E-state index in [4.69, 9.17) is 0 Å². The van der Waals surface area contributed by atoms with Gasteiger partial charge in [-0.05, 0) is 17.9 Å². The average Bonchev–Trinajstić information content (AvgIpc) is 2.29. The van der Waals surface area contributed by atoms with Gasteiger partial charge in [0, 0.05) is 11.5 Å². The van der Waals surface area contributed by atoms with Crippen molar-refractivity contribution in [3.8, 4) is 0 Å². The Labute approximate surface area is 92.5 Å². The smallest absolute Gasteiger partial charge is 0.166 e. The zero-order valence-corrected chi connectivity index (χ0v) is 10.1. The fourth-order valence-corrected chi connectivity index (χ4v) is 1.97. The number of Topliss-reactive ketones (excluding diaryl/α,β-unsaturated/α-hetero) is 1. The van der Waals surface area contributed by atoms with Crippen molar-refractivity contribution in [2.75, 3.05) is 0 Å². The second kappa shape index (κ2) is 5.11. The van der Waals surface area contributed by atoms with Crippen molar-refractivity contribution in [1.82, 2.24) is 0 Å². The second-order valence-electron chi connectivity index (χ2n) is 3.99. The van der Waals surface area contributed by atoms with E-state index in [0.717, 1.165) is 12.0 Å². The Morgan fingerprint density at radius 3 is 2.40 bits per heavy atom. The number of fused-ring (bicyclic) bond motifs is 1. The van der Waals surface area contributed by atoms with E-state index in [2.05, 4.69) is 13.0 Å². The van der Waals surface area contributed by atoms with E-state index in [1.165, 1.54) is 5.56 Å². The van der Waals surface area contributed by atoms with Crippen molar-refractivity contribution in [3.63, 3.8) is 0 Å². The molecular formula is C14H20O. The number of hydrogen-bond donors (Lipinski definition) is 0. The van der Waals surface area contributed by atoms with Crippen molar-refractivity contribution in [1.29, 1.82) is 0 Å². The van der Waals surface area contributed by atoms with E-state index in [-0.39, 0.29) is 5.92 Å². The Hall–Kier alpha value is -1.11. The third kappa shape index (κ3) is 2.28. The molecule has 82 valence electrons. The van der Waals surface area contributed by atoms with E-state index in [1.54, 1.807) is 0 Å². The quantitative estimate of drug-likeness (QED) is 0.629. The molecule has 0 spiro atoms. The lowest BCUT2D eigenvalue weighted by molar-refractivity contribution is 0.0877. The third-order valence-corrected chi connectivity index (χ3v) is 3.09. The minimum Gasteiger partial charge on any atom is -0.294 e. The summed E-state index contributed by atoms with van der Waals surface area (Å²) >= 11 is 0. The van der Waals surface area contributed by atoms with Crippen LogP contribution >= 0.6 is 0 Å². The molecule has 0 bridgehead atoms. The SMILES string of the molecule is CC.CC1Cc2ccccc2C(=O)C1C. The molecule has 1 aliphatic rings. The molecule has 2 unspecified atom stereocenters. The van der Waals surface area contributed by atoms with Gasteiger partial charge < -0.3 is 0 Å². The minimum atomic E-state index is 0.190. The monoisotopic (exact) mass is 204 g/mol. The van der Waals surface area contributed by atoms with Crippen LogP contribution in [0.1, 0.15) is 43.6 Å². The van der Waals surface area contributed by atoms with E-state index in [9.17, 15) is 4.79 Å². The lowest BCUT2D eigenvalue weighted by Gasteiger charge is -2.26. The maximum absolute atomic E-state index is 11.8. The predicted octanol–water partition coefficient (Wildman–Crippen LogP) is 3.72. The van der Waals surface area contributed by atoms with Crippen LogP contribution in [-0.2, 0) is 6.42 Å². The second-order valence-corrected chi connectivity index (χ2v) is 3.99. The molecule has 0 N–H and O–H groups in total. The Morgan fingerprint density at radius 2 is 1.73 bits per heavy atom. The van der Waals surface area contributed by atoms with Crippen molar-refractivity contribution >= 4 is 5.78 Å². The summed E-state index contributed by atoms with van der Waals surface area (Å²) in [6.07, 6.45) is 1.04. The van der Waals surface area contributed by atoms with Gasteiger partial charge in [0.2, 0.25) is 0 Å². The normalized spacial score (nSPS) is 23.9. The van der Waals surface area contributed by atoms with Gasteiger partial charge in [-0.3, -0.25) is 4.79 Å². The van der Waals surface area contributed by atoms with Crippen LogP contribution in [0.25, 0.3) is 0 Å². The van der Waals surface area contributed by atoms with Crippen LogP contribution in [0.5, 0.6) is 0 Å². The topological polar surface area (TPSA) is 17.1 Å². The summed E-state index contributed by atoms with van der Waals surface area (Å²) in [5.41, 5.74) is 2.16. The number of ketones is 1. The molecule has 1 aromatic carbocycles. The molecule has 0 amide bonds. The molecule has 0 aliphatic heterocycles. The zero-order chi connectivity index (χ0) is 11.4. The molecule has 1 nitrogen and oxygen atoms in total. The maximum Gasteiger partial charge on any atom is 0.166 e. The van der Waals surface area contributed by atoms with Crippen LogP contribution in [0.2, 0.25) is 0 Å². The Balaban J connectivity index is 0.000000531. The van der Waals surface area contributed by atoms with Gasteiger partial charge >= 0.3 is 0 Å². The molecule has 0 saturated carbocycles. The lowest BCUT2D eigenvalue weighted by atomic mass is 9.77. The van der Waals surface area contributed by atoms with E-state index in [0.29, 0.717) is 11.7 Å². The molecule has 0 heterocycles. The van der Waals surface area contributed by atoms with E-state index >= 15 is 0 Å². The maximum atomic E-state index is 11.8. The zero-order valence-electron chi connectivity index (χ0n) is 10.1. The van der Waals surface area contributed by atoms with Crippen LogP contribution in [-0.4, -0.2) is 5.78 Å². The van der Waals surface area contributed by atoms with Gasteiger partial charge in [0.05, 0.1) is 0 Å². The summed E-state index contributed by atoms with van der Waals surface area (Å²) in [5.74, 6) is 0.992. The number of rotatable bonds is 0. The van der Waals surface area contributed by atoms with Gasteiger partial charge in [0.15, 0.2) is 5.78 Å². The van der Waals surface area contributed by atoms with Gasteiger partial charge in [0.1, 0.15) is 0 Å². The molecule has 1 aromatic rings. The molecular weight excluding hydrogens is 184 g/mol. The van der Waals surface area contributed by atoms with Crippen LogP contribution < -0.4 is 0 Å². The molecule has 1 aliphatic carbocycles. The van der Waals surface area contributed by atoms with E-state index < -0.39 is 0 Å². The lowest BCUT2D eigenvalue weighted by Crippen LogP contribution is -2.27. The van der Waals surface area contributed by atoms with E-state index in [1.807, 2.05) is 39.0 Å². The number of benzene rings is 1. The summed E-state index contributed by atoms with van der Waals surface area (Å²) in [7, 11) is 0. The summed E-state index contributed by atoms with van der Waals surface area (Å²) < 4.78 is 0. The third-order valence-electron chi connectivity index (χ3n) is 3.09. The number of carbonyl (C=O) groups excluding carboxylic acids is 1. The fraction of sp³-hybridized carbons (Fsp3) is 0.500. The average molecular weight is 204 g/mol. The highest BCUT2D eigenvalue weighted by atomic mass is 16.1.